The monoisotopic (exact) mass is 467 g/mol. The number of carbonyl (C=O) groups excluding carboxylic acids is 2. The minimum Gasteiger partial charge on any atom is -0.507 e. The fourth-order valence-corrected chi connectivity index (χ4v) is 3.84. The van der Waals surface area contributed by atoms with E-state index in [1.54, 1.807) is 36.4 Å². The second kappa shape index (κ2) is 11.2. The lowest BCUT2D eigenvalue weighted by Gasteiger charge is -2.26. The molecule has 1 atom stereocenters. The lowest BCUT2D eigenvalue weighted by atomic mass is 9.94. The lowest BCUT2D eigenvalue weighted by molar-refractivity contribution is -0.140. The van der Waals surface area contributed by atoms with E-state index in [0.29, 0.717) is 35.2 Å². The summed E-state index contributed by atoms with van der Waals surface area (Å²) >= 11 is 0. The van der Waals surface area contributed by atoms with Gasteiger partial charge in [0.15, 0.2) is 0 Å². The van der Waals surface area contributed by atoms with Gasteiger partial charge in [-0.3, -0.25) is 9.59 Å². The summed E-state index contributed by atoms with van der Waals surface area (Å²) in [5.41, 5.74) is 1.07. The molecule has 1 aliphatic rings. The molecule has 2 aromatic carbocycles. The van der Waals surface area contributed by atoms with Gasteiger partial charge in [0.25, 0.3) is 11.7 Å². The van der Waals surface area contributed by atoms with Gasteiger partial charge in [0.2, 0.25) is 0 Å². The number of hydrogen-bond donors (Lipinski definition) is 1. The first-order valence-corrected chi connectivity index (χ1v) is 11.5. The number of rotatable bonds is 10. The number of hydrogen-bond acceptors (Lipinski definition) is 6. The zero-order valence-electron chi connectivity index (χ0n) is 20.4. The SMILES string of the molecule is COc1ccccc1C1/C(=C(/O)c2ccc(OCC(C)C)cc2)C(=O)C(=O)N1CCOC(C)C. The van der Waals surface area contributed by atoms with Crippen LogP contribution in [-0.4, -0.2) is 54.7 Å². The van der Waals surface area contributed by atoms with Crippen molar-refractivity contribution in [3.8, 4) is 11.5 Å². The van der Waals surface area contributed by atoms with Crippen LogP contribution in [0.5, 0.6) is 11.5 Å². The van der Waals surface area contributed by atoms with Gasteiger partial charge >= 0.3 is 0 Å². The van der Waals surface area contributed by atoms with E-state index >= 15 is 0 Å². The molecule has 1 saturated heterocycles. The molecular weight excluding hydrogens is 434 g/mol. The fourth-order valence-electron chi connectivity index (χ4n) is 3.84. The summed E-state index contributed by atoms with van der Waals surface area (Å²) in [5, 5.41) is 11.2. The van der Waals surface area contributed by atoms with Crippen LogP contribution in [0, 0.1) is 5.92 Å². The molecule has 182 valence electrons. The van der Waals surface area contributed by atoms with Crippen LogP contribution in [0.3, 0.4) is 0 Å². The van der Waals surface area contributed by atoms with E-state index in [-0.39, 0.29) is 30.6 Å². The number of para-hydroxylation sites is 1. The molecule has 1 aliphatic heterocycles. The third-order valence-electron chi connectivity index (χ3n) is 5.47. The quantitative estimate of drug-likeness (QED) is 0.313. The highest BCUT2D eigenvalue weighted by molar-refractivity contribution is 6.46. The Labute approximate surface area is 200 Å². The number of benzene rings is 2. The molecule has 1 fully saturated rings. The van der Waals surface area contributed by atoms with E-state index in [2.05, 4.69) is 13.8 Å². The number of ketones is 1. The van der Waals surface area contributed by atoms with Crippen LogP contribution >= 0.6 is 0 Å². The second-order valence-corrected chi connectivity index (χ2v) is 8.88. The first-order valence-electron chi connectivity index (χ1n) is 11.5. The number of Topliss-reactive ketones (excluding diaryl/α,β-unsaturated/α-hetero) is 1. The Morgan fingerprint density at radius 3 is 2.32 bits per heavy atom. The van der Waals surface area contributed by atoms with Gasteiger partial charge in [-0.05, 0) is 50.1 Å². The van der Waals surface area contributed by atoms with E-state index in [9.17, 15) is 14.7 Å². The molecule has 0 aliphatic carbocycles. The first-order chi connectivity index (χ1) is 16.2. The van der Waals surface area contributed by atoms with Gasteiger partial charge in [-0.15, -0.1) is 0 Å². The molecule has 0 spiro atoms. The number of aliphatic hydroxyl groups excluding tert-OH is 1. The highest BCUT2D eigenvalue weighted by Gasteiger charge is 2.46. The molecule has 1 unspecified atom stereocenters. The van der Waals surface area contributed by atoms with Crippen LogP contribution in [0.15, 0.2) is 54.1 Å². The average Bonchev–Trinajstić information content (AvgIpc) is 3.07. The standard InChI is InChI=1S/C27H33NO6/c1-17(2)16-34-20-12-10-19(11-13-20)25(29)23-24(21-8-6-7-9-22(21)32-5)28(27(31)26(23)30)14-15-33-18(3)4/h6-13,17-18,24,29H,14-16H2,1-5H3/b25-23-. The molecule has 3 rings (SSSR count). The van der Waals surface area contributed by atoms with Gasteiger partial charge in [-0.1, -0.05) is 32.0 Å². The zero-order valence-corrected chi connectivity index (χ0v) is 20.4. The predicted molar refractivity (Wildman–Crippen MR) is 130 cm³/mol. The third kappa shape index (κ3) is 5.59. The van der Waals surface area contributed by atoms with E-state index in [1.165, 1.54) is 12.0 Å². The molecule has 0 radical (unpaired) electrons. The Kier molecular flexibility index (Phi) is 8.34. The van der Waals surface area contributed by atoms with Crippen molar-refractivity contribution < 1.29 is 28.9 Å². The fraction of sp³-hybridized carbons (Fsp3) is 0.407. The van der Waals surface area contributed by atoms with Crippen molar-refractivity contribution in [3.05, 3.63) is 65.2 Å². The summed E-state index contributed by atoms with van der Waals surface area (Å²) in [7, 11) is 1.53. The summed E-state index contributed by atoms with van der Waals surface area (Å²) in [6, 6.07) is 13.2. The van der Waals surface area contributed by atoms with Crippen molar-refractivity contribution in [2.45, 2.75) is 39.8 Å². The lowest BCUT2D eigenvalue weighted by Crippen LogP contribution is -2.33. The maximum Gasteiger partial charge on any atom is 0.295 e. The number of carbonyl (C=O) groups is 2. The van der Waals surface area contributed by atoms with Crippen molar-refractivity contribution in [3.63, 3.8) is 0 Å². The van der Waals surface area contributed by atoms with Gasteiger partial charge < -0.3 is 24.2 Å². The van der Waals surface area contributed by atoms with E-state index in [1.807, 2.05) is 26.0 Å². The molecular formula is C27H33NO6. The van der Waals surface area contributed by atoms with Gasteiger partial charge in [0, 0.05) is 17.7 Å². The van der Waals surface area contributed by atoms with Crippen molar-refractivity contribution in [1.29, 1.82) is 0 Å². The van der Waals surface area contributed by atoms with Gasteiger partial charge in [0.1, 0.15) is 17.3 Å². The Balaban J connectivity index is 2.04. The molecule has 1 heterocycles. The molecule has 7 heteroatoms. The molecule has 1 N–H and O–H groups in total. The maximum atomic E-state index is 13.1. The molecule has 7 nitrogen and oxygen atoms in total. The second-order valence-electron chi connectivity index (χ2n) is 8.88. The summed E-state index contributed by atoms with van der Waals surface area (Å²) in [5.74, 6) is -0.0911. The first kappa shape index (κ1) is 25.3. The number of aliphatic hydroxyl groups is 1. The predicted octanol–water partition coefficient (Wildman–Crippen LogP) is 4.58. The summed E-state index contributed by atoms with van der Waals surface area (Å²) in [6.45, 7) is 8.96. The van der Waals surface area contributed by atoms with Gasteiger partial charge in [0.05, 0.1) is 38.0 Å². The van der Waals surface area contributed by atoms with Crippen LogP contribution in [0.25, 0.3) is 5.76 Å². The topological polar surface area (TPSA) is 85.3 Å². The Hall–Kier alpha value is -3.32. The highest BCUT2D eigenvalue weighted by atomic mass is 16.5. The molecule has 34 heavy (non-hydrogen) atoms. The normalized spacial score (nSPS) is 17.6. The van der Waals surface area contributed by atoms with Crippen LogP contribution in [-0.2, 0) is 14.3 Å². The number of likely N-dealkylation sites (tertiary alicyclic amines) is 1. The summed E-state index contributed by atoms with van der Waals surface area (Å²) < 4.78 is 16.9. The number of nitrogens with zero attached hydrogens (tertiary/aromatic N) is 1. The largest absolute Gasteiger partial charge is 0.507 e. The third-order valence-corrected chi connectivity index (χ3v) is 5.47. The van der Waals surface area contributed by atoms with E-state index in [0.717, 1.165) is 0 Å². The van der Waals surface area contributed by atoms with Crippen molar-refractivity contribution in [2.24, 2.45) is 5.92 Å². The van der Waals surface area contributed by atoms with Crippen LogP contribution in [0.1, 0.15) is 44.9 Å². The average molecular weight is 468 g/mol. The summed E-state index contributed by atoms with van der Waals surface area (Å²) in [4.78, 5) is 27.6. The van der Waals surface area contributed by atoms with Crippen molar-refractivity contribution in [2.75, 3.05) is 26.9 Å². The molecule has 0 aromatic heterocycles. The van der Waals surface area contributed by atoms with Crippen LogP contribution in [0.2, 0.25) is 0 Å². The highest BCUT2D eigenvalue weighted by Crippen LogP contribution is 2.42. The molecule has 1 amide bonds. The van der Waals surface area contributed by atoms with Crippen LogP contribution < -0.4 is 9.47 Å². The van der Waals surface area contributed by atoms with Gasteiger partial charge in [-0.2, -0.15) is 0 Å². The Morgan fingerprint density at radius 2 is 1.71 bits per heavy atom. The number of amides is 1. The smallest absolute Gasteiger partial charge is 0.295 e. The summed E-state index contributed by atoms with van der Waals surface area (Å²) in [6.07, 6.45) is -0.0158. The molecule has 2 aromatic rings. The van der Waals surface area contributed by atoms with Crippen molar-refractivity contribution in [1.82, 2.24) is 4.90 Å². The zero-order chi connectivity index (χ0) is 24.8. The molecule has 0 bridgehead atoms. The van der Waals surface area contributed by atoms with E-state index < -0.39 is 17.7 Å². The number of ether oxygens (including phenoxy) is 3. The van der Waals surface area contributed by atoms with Crippen LogP contribution in [0.4, 0.5) is 0 Å². The number of methoxy groups -OCH3 is 1. The Bertz CT molecular complexity index is 1040. The Morgan fingerprint density at radius 1 is 1.03 bits per heavy atom. The minimum atomic E-state index is -0.802. The van der Waals surface area contributed by atoms with Crippen molar-refractivity contribution >= 4 is 17.4 Å². The molecule has 0 saturated carbocycles. The maximum absolute atomic E-state index is 13.1. The van der Waals surface area contributed by atoms with Gasteiger partial charge in [-0.25, -0.2) is 0 Å². The minimum absolute atomic E-state index is 0.0158. The van der Waals surface area contributed by atoms with E-state index in [4.69, 9.17) is 14.2 Å².